The van der Waals surface area contributed by atoms with Crippen LogP contribution in [0.5, 0.6) is 0 Å². The Morgan fingerprint density at radius 2 is 2.31 bits per heavy atom. The highest BCUT2D eigenvalue weighted by atomic mass is 79.9. The Hall–Kier alpha value is -0.920. The van der Waals surface area contributed by atoms with Gasteiger partial charge in [0.05, 0.1) is 16.7 Å². The van der Waals surface area contributed by atoms with Gasteiger partial charge in [-0.2, -0.15) is 0 Å². The van der Waals surface area contributed by atoms with E-state index in [0.29, 0.717) is 6.42 Å². The van der Waals surface area contributed by atoms with Gasteiger partial charge in [0.15, 0.2) is 0 Å². The number of aliphatic hydroxyl groups excluding tert-OH is 1. The van der Waals surface area contributed by atoms with Crippen molar-refractivity contribution in [3.63, 3.8) is 0 Å². The van der Waals surface area contributed by atoms with Crippen LogP contribution in [-0.4, -0.2) is 26.9 Å². The lowest BCUT2D eigenvalue weighted by Gasteiger charge is -2.13. The van der Waals surface area contributed by atoms with Gasteiger partial charge in [-0.25, -0.2) is 4.79 Å². The van der Waals surface area contributed by atoms with E-state index < -0.39 is 23.6 Å². The van der Waals surface area contributed by atoms with Gasteiger partial charge in [-0.3, -0.25) is 14.3 Å². The maximum atomic E-state index is 11.5. The molecular weight excluding hydrogens is 280 g/mol. The van der Waals surface area contributed by atoms with Crippen LogP contribution in [0.4, 0.5) is 0 Å². The van der Waals surface area contributed by atoms with Crippen molar-refractivity contribution in [1.82, 2.24) is 9.55 Å². The minimum atomic E-state index is -0.595. The number of H-pyrrole nitrogens is 1. The van der Waals surface area contributed by atoms with Crippen LogP contribution < -0.4 is 11.2 Å². The number of nitrogens with zero attached hydrogens (tertiary/aromatic N) is 1. The Morgan fingerprint density at radius 3 is 2.88 bits per heavy atom. The third-order valence-electron chi connectivity index (χ3n) is 2.59. The van der Waals surface area contributed by atoms with Gasteiger partial charge in [0, 0.05) is 12.6 Å². The fourth-order valence-electron chi connectivity index (χ4n) is 1.65. The molecule has 1 aliphatic rings. The van der Waals surface area contributed by atoms with E-state index in [1.54, 1.807) is 6.92 Å². The maximum absolute atomic E-state index is 11.5. The summed E-state index contributed by atoms with van der Waals surface area (Å²) in [7, 11) is 0. The molecule has 1 saturated heterocycles. The largest absolute Gasteiger partial charge is 0.390 e. The number of aromatic nitrogens is 2. The van der Waals surface area contributed by atoms with Crippen LogP contribution in [0.2, 0.25) is 0 Å². The molecule has 2 rings (SSSR count). The van der Waals surface area contributed by atoms with Crippen molar-refractivity contribution in [3.8, 4) is 0 Å². The molecule has 3 atom stereocenters. The molecule has 0 spiro atoms. The summed E-state index contributed by atoms with van der Waals surface area (Å²) >= 11 is 3.04. The molecule has 2 N–H and O–H groups in total. The van der Waals surface area contributed by atoms with Crippen molar-refractivity contribution in [2.24, 2.45) is 0 Å². The van der Waals surface area contributed by atoms with Crippen LogP contribution in [0, 0.1) is 0 Å². The molecule has 0 amide bonds. The highest BCUT2D eigenvalue weighted by Gasteiger charge is 2.32. The van der Waals surface area contributed by atoms with E-state index in [0.717, 1.165) is 0 Å². The summed E-state index contributed by atoms with van der Waals surface area (Å²) in [6, 6.07) is 0. The number of rotatable bonds is 1. The second kappa shape index (κ2) is 4.15. The normalized spacial score (nSPS) is 29.6. The van der Waals surface area contributed by atoms with Crippen molar-refractivity contribution in [3.05, 3.63) is 31.5 Å². The molecule has 0 aliphatic carbocycles. The molecule has 1 aromatic rings. The van der Waals surface area contributed by atoms with E-state index in [9.17, 15) is 14.7 Å². The van der Waals surface area contributed by atoms with E-state index in [1.165, 1.54) is 10.8 Å². The average molecular weight is 291 g/mol. The molecule has 3 unspecified atom stereocenters. The number of hydrogen-bond acceptors (Lipinski definition) is 4. The number of aliphatic hydroxyl groups is 1. The van der Waals surface area contributed by atoms with Gasteiger partial charge in [0.2, 0.25) is 0 Å². The first-order valence-corrected chi connectivity index (χ1v) is 5.63. The third-order valence-corrected chi connectivity index (χ3v) is 3.16. The van der Waals surface area contributed by atoms with E-state index in [-0.39, 0.29) is 10.6 Å². The standard InChI is InChI=1S/C9H11BrN2O4/c1-4-6(13)2-7(16-4)12-3-5(10)8(14)11-9(12)15/h3-4,6-7,13H,2H2,1H3,(H,11,14,15). The average Bonchev–Trinajstić information content (AvgIpc) is 2.53. The Balaban J connectivity index is 2.39. The van der Waals surface area contributed by atoms with Crippen molar-refractivity contribution < 1.29 is 9.84 Å². The number of aromatic amines is 1. The van der Waals surface area contributed by atoms with Gasteiger partial charge < -0.3 is 9.84 Å². The summed E-state index contributed by atoms with van der Waals surface area (Å²) in [5.41, 5.74) is -1.02. The Labute approximate surface area is 99.0 Å². The number of hydrogen-bond donors (Lipinski definition) is 2. The summed E-state index contributed by atoms with van der Waals surface area (Å²) < 4.78 is 6.92. The first kappa shape index (κ1) is 11.6. The summed E-state index contributed by atoms with van der Waals surface area (Å²) in [6.07, 6.45) is 0.256. The Bertz CT molecular complexity index is 499. The lowest BCUT2D eigenvalue weighted by molar-refractivity contribution is -0.0102. The number of ether oxygens (including phenoxy) is 1. The number of nitrogens with one attached hydrogen (secondary N) is 1. The second-order valence-corrected chi connectivity index (χ2v) is 4.60. The van der Waals surface area contributed by atoms with Crippen molar-refractivity contribution in [2.45, 2.75) is 31.8 Å². The Morgan fingerprint density at radius 1 is 1.62 bits per heavy atom. The molecule has 0 bridgehead atoms. The molecule has 7 heteroatoms. The lowest BCUT2D eigenvalue weighted by Crippen LogP contribution is -2.32. The van der Waals surface area contributed by atoms with E-state index in [4.69, 9.17) is 4.74 Å². The predicted molar refractivity (Wildman–Crippen MR) is 59.2 cm³/mol. The van der Waals surface area contributed by atoms with Crippen molar-refractivity contribution >= 4 is 15.9 Å². The predicted octanol–water partition coefficient (Wildman–Crippen LogP) is -0.0326. The first-order chi connectivity index (χ1) is 7.49. The first-order valence-electron chi connectivity index (χ1n) is 4.83. The van der Waals surface area contributed by atoms with Gasteiger partial charge in [0.25, 0.3) is 5.56 Å². The highest BCUT2D eigenvalue weighted by Crippen LogP contribution is 2.27. The molecule has 16 heavy (non-hydrogen) atoms. The summed E-state index contributed by atoms with van der Waals surface area (Å²) in [5, 5.41) is 9.52. The van der Waals surface area contributed by atoms with Gasteiger partial charge in [-0.15, -0.1) is 0 Å². The molecule has 1 fully saturated rings. The lowest BCUT2D eigenvalue weighted by atomic mass is 10.2. The van der Waals surface area contributed by atoms with Crippen LogP contribution in [0.3, 0.4) is 0 Å². The molecule has 1 aliphatic heterocycles. The summed E-state index contributed by atoms with van der Waals surface area (Å²) in [6.45, 7) is 1.73. The van der Waals surface area contributed by atoms with Crippen molar-refractivity contribution in [2.75, 3.05) is 0 Å². The van der Waals surface area contributed by atoms with Crippen LogP contribution in [0.15, 0.2) is 20.3 Å². The fourth-order valence-corrected chi connectivity index (χ4v) is 1.97. The molecule has 2 heterocycles. The summed E-state index contributed by atoms with van der Waals surface area (Å²) in [4.78, 5) is 24.8. The van der Waals surface area contributed by atoms with Crippen LogP contribution >= 0.6 is 15.9 Å². The molecule has 0 radical (unpaired) electrons. The van der Waals surface area contributed by atoms with Crippen LogP contribution in [-0.2, 0) is 4.74 Å². The quantitative estimate of drug-likeness (QED) is 0.761. The summed E-state index contributed by atoms with van der Waals surface area (Å²) in [5.74, 6) is 0. The topological polar surface area (TPSA) is 84.3 Å². The smallest absolute Gasteiger partial charge is 0.330 e. The van der Waals surface area contributed by atoms with Crippen LogP contribution in [0.1, 0.15) is 19.6 Å². The maximum Gasteiger partial charge on any atom is 0.330 e. The van der Waals surface area contributed by atoms with Crippen LogP contribution in [0.25, 0.3) is 0 Å². The van der Waals surface area contributed by atoms with Gasteiger partial charge in [0.1, 0.15) is 6.23 Å². The molecular formula is C9H11BrN2O4. The molecule has 0 aromatic carbocycles. The van der Waals surface area contributed by atoms with Gasteiger partial charge in [-0.05, 0) is 22.9 Å². The minimum Gasteiger partial charge on any atom is -0.390 e. The third kappa shape index (κ3) is 1.98. The molecule has 1 aromatic heterocycles. The number of halogens is 1. The zero-order valence-corrected chi connectivity index (χ0v) is 10.1. The van der Waals surface area contributed by atoms with E-state index >= 15 is 0 Å². The minimum absolute atomic E-state index is 0.254. The second-order valence-electron chi connectivity index (χ2n) is 3.74. The van der Waals surface area contributed by atoms with E-state index in [1.807, 2.05) is 0 Å². The fraction of sp³-hybridized carbons (Fsp3) is 0.556. The molecule has 88 valence electrons. The Kier molecular flexibility index (Phi) is 3.00. The molecule has 6 nitrogen and oxygen atoms in total. The van der Waals surface area contributed by atoms with Crippen molar-refractivity contribution in [1.29, 1.82) is 0 Å². The van der Waals surface area contributed by atoms with Gasteiger partial charge >= 0.3 is 5.69 Å². The monoisotopic (exact) mass is 290 g/mol. The zero-order chi connectivity index (χ0) is 11.9. The zero-order valence-electron chi connectivity index (χ0n) is 8.51. The van der Waals surface area contributed by atoms with Gasteiger partial charge in [-0.1, -0.05) is 0 Å². The highest BCUT2D eigenvalue weighted by molar-refractivity contribution is 9.10. The SMILES string of the molecule is CC1OC(n2cc(Br)c(=O)[nH]c2=O)CC1O. The van der Waals surface area contributed by atoms with E-state index in [2.05, 4.69) is 20.9 Å². The molecule has 0 saturated carbocycles.